The van der Waals surface area contributed by atoms with Crippen molar-refractivity contribution < 1.29 is 9.53 Å². The third kappa shape index (κ3) is 4.68. The van der Waals surface area contributed by atoms with Crippen molar-refractivity contribution in [2.75, 3.05) is 20.2 Å². The van der Waals surface area contributed by atoms with Gasteiger partial charge in [-0.25, -0.2) is 0 Å². The van der Waals surface area contributed by atoms with Crippen molar-refractivity contribution in [3.05, 3.63) is 86.6 Å². The average molecular weight is 435 g/mol. The van der Waals surface area contributed by atoms with E-state index in [1.54, 1.807) is 7.11 Å². The molecule has 1 aliphatic heterocycles. The van der Waals surface area contributed by atoms with Crippen molar-refractivity contribution in [3.63, 3.8) is 0 Å². The van der Waals surface area contributed by atoms with Crippen molar-refractivity contribution in [3.8, 4) is 5.75 Å². The van der Waals surface area contributed by atoms with E-state index in [4.69, 9.17) is 4.74 Å². The van der Waals surface area contributed by atoms with E-state index < -0.39 is 0 Å². The van der Waals surface area contributed by atoms with E-state index in [-0.39, 0.29) is 11.9 Å². The summed E-state index contributed by atoms with van der Waals surface area (Å²) < 4.78 is 5.20. The predicted octanol–water partition coefficient (Wildman–Crippen LogP) is 4.89. The number of methoxy groups -OCH3 is 1. The highest BCUT2D eigenvalue weighted by atomic mass is 32.1. The summed E-state index contributed by atoms with van der Waals surface area (Å²) in [6, 6.07) is 18.5. The summed E-state index contributed by atoms with van der Waals surface area (Å²) in [4.78, 5) is 18.0. The molecule has 2 aromatic carbocycles. The van der Waals surface area contributed by atoms with Crippen LogP contribution in [0.2, 0.25) is 0 Å². The van der Waals surface area contributed by atoms with E-state index in [2.05, 4.69) is 54.4 Å². The summed E-state index contributed by atoms with van der Waals surface area (Å²) in [5.41, 5.74) is 5.34. The molecule has 3 aromatic rings. The molecule has 2 heterocycles. The fourth-order valence-corrected chi connectivity index (χ4v) is 5.98. The summed E-state index contributed by atoms with van der Waals surface area (Å²) in [5.74, 6) is 0.881. The molecule has 0 aliphatic carbocycles. The van der Waals surface area contributed by atoms with Crippen molar-refractivity contribution in [1.82, 2.24) is 10.2 Å². The number of hydrogen-bond donors (Lipinski definition) is 1. The molecule has 1 atom stereocenters. The highest BCUT2D eigenvalue weighted by molar-refractivity contribution is 7.12. The van der Waals surface area contributed by atoms with Gasteiger partial charge < -0.3 is 10.1 Å². The van der Waals surface area contributed by atoms with Crippen LogP contribution in [0.25, 0.3) is 0 Å². The first-order valence-electron chi connectivity index (χ1n) is 10.9. The standard InChI is InChI=1S/C26H30N2O2S/c1-4-22-18(2)31-26-23(22)14-15-28(25(26)20-8-6-5-7-9-20)17-24(29)27-16-19-10-12-21(30-3)13-11-19/h5-13,25H,4,14-17H2,1-3H3,(H,27,29)/t25-/m0/s1. The van der Waals surface area contributed by atoms with Crippen LogP contribution in [-0.4, -0.2) is 31.0 Å². The Morgan fingerprint density at radius 1 is 1.16 bits per heavy atom. The molecule has 0 radical (unpaired) electrons. The van der Waals surface area contributed by atoms with Crippen molar-refractivity contribution in [1.29, 1.82) is 0 Å². The molecule has 1 aromatic heterocycles. The molecule has 1 aliphatic rings. The largest absolute Gasteiger partial charge is 0.497 e. The smallest absolute Gasteiger partial charge is 0.234 e. The minimum Gasteiger partial charge on any atom is -0.497 e. The first-order chi connectivity index (χ1) is 15.1. The number of thiophene rings is 1. The van der Waals surface area contributed by atoms with Gasteiger partial charge in [-0.05, 0) is 54.2 Å². The zero-order valence-corrected chi connectivity index (χ0v) is 19.3. The predicted molar refractivity (Wildman–Crippen MR) is 127 cm³/mol. The van der Waals surface area contributed by atoms with Crippen molar-refractivity contribution in [2.24, 2.45) is 0 Å². The van der Waals surface area contributed by atoms with Gasteiger partial charge in [-0.1, -0.05) is 49.4 Å². The van der Waals surface area contributed by atoms with Crippen LogP contribution in [0, 0.1) is 6.92 Å². The van der Waals surface area contributed by atoms with Crippen molar-refractivity contribution in [2.45, 2.75) is 39.3 Å². The molecule has 162 valence electrons. The van der Waals surface area contributed by atoms with Gasteiger partial charge in [-0.15, -0.1) is 11.3 Å². The third-order valence-corrected chi connectivity index (χ3v) is 7.32. The molecule has 0 bridgehead atoms. The number of aryl methyl sites for hydroxylation is 1. The highest BCUT2D eigenvalue weighted by Gasteiger charge is 2.33. The Kier molecular flexibility index (Phi) is 6.73. The number of benzene rings is 2. The number of carbonyl (C=O) groups is 1. The molecule has 4 rings (SSSR count). The maximum absolute atomic E-state index is 12.9. The van der Waals surface area contributed by atoms with Crippen molar-refractivity contribution >= 4 is 17.2 Å². The molecule has 4 nitrogen and oxygen atoms in total. The number of fused-ring (bicyclic) bond motifs is 1. The van der Waals surface area contributed by atoms with Gasteiger partial charge in [0.25, 0.3) is 0 Å². The maximum Gasteiger partial charge on any atom is 0.234 e. The number of rotatable bonds is 7. The average Bonchev–Trinajstić information content (AvgIpc) is 3.13. The highest BCUT2D eigenvalue weighted by Crippen LogP contribution is 2.42. The fraction of sp³-hybridized carbons (Fsp3) is 0.346. The van der Waals surface area contributed by atoms with Crippen LogP contribution >= 0.6 is 11.3 Å². The van der Waals surface area contributed by atoms with E-state index in [9.17, 15) is 4.79 Å². The lowest BCUT2D eigenvalue weighted by Gasteiger charge is -2.36. The molecule has 5 heteroatoms. The molecule has 31 heavy (non-hydrogen) atoms. The van der Waals surface area contributed by atoms with E-state index >= 15 is 0 Å². The lowest BCUT2D eigenvalue weighted by molar-refractivity contribution is -0.122. The monoisotopic (exact) mass is 434 g/mol. The Morgan fingerprint density at radius 2 is 1.90 bits per heavy atom. The van der Waals surface area contributed by atoms with Gasteiger partial charge >= 0.3 is 0 Å². The van der Waals surface area contributed by atoms with Gasteiger partial charge in [0, 0.05) is 22.8 Å². The summed E-state index contributed by atoms with van der Waals surface area (Å²) in [7, 11) is 1.66. The maximum atomic E-state index is 12.9. The second-order valence-electron chi connectivity index (χ2n) is 7.99. The van der Waals surface area contributed by atoms with Gasteiger partial charge in [-0.3, -0.25) is 9.69 Å². The summed E-state index contributed by atoms with van der Waals surface area (Å²) in [6.45, 7) is 6.29. The molecule has 1 N–H and O–H groups in total. The lowest BCUT2D eigenvalue weighted by atomic mass is 9.91. The Hall–Kier alpha value is -2.63. The first-order valence-corrected chi connectivity index (χ1v) is 11.7. The van der Waals surface area contributed by atoms with Gasteiger partial charge in [-0.2, -0.15) is 0 Å². The van der Waals surface area contributed by atoms with Crippen LogP contribution in [0.4, 0.5) is 0 Å². The van der Waals surface area contributed by atoms with Gasteiger partial charge in [0.1, 0.15) is 5.75 Å². The van der Waals surface area contributed by atoms with Gasteiger partial charge in [0.2, 0.25) is 5.91 Å². The quantitative estimate of drug-likeness (QED) is 0.576. The minimum absolute atomic E-state index is 0.0594. The molecular weight excluding hydrogens is 404 g/mol. The second-order valence-corrected chi connectivity index (χ2v) is 9.25. The third-order valence-electron chi connectivity index (χ3n) is 6.08. The molecule has 0 saturated carbocycles. The lowest BCUT2D eigenvalue weighted by Crippen LogP contribution is -2.42. The SMILES string of the molecule is CCc1c(C)sc2c1CCN(CC(=O)NCc1ccc(OC)cc1)[C@H]2c1ccccc1. The minimum atomic E-state index is 0.0594. The molecular formula is C26H30N2O2S. The van der Waals surface area contributed by atoms with Crippen LogP contribution in [-0.2, 0) is 24.2 Å². The summed E-state index contributed by atoms with van der Waals surface area (Å²) in [6.07, 6.45) is 2.08. The normalized spacial score (nSPS) is 16.0. The second kappa shape index (κ2) is 9.67. The molecule has 0 spiro atoms. The van der Waals surface area contributed by atoms with Crippen LogP contribution in [0.15, 0.2) is 54.6 Å². The van der Waals surface area contributed by atoms with E-state index in [0.29, 0.717) is 13.1 Å². The first kappa shape index (κ1) is 21.6. The van der Waals surface area contributed by atoms with Crippen LogP contribution in [0.1, 0.15) is 45.0 Å². The van der Waals surface area contributed by atoms with E-state index in [0.717, 1.165) is 30.7 Å². The summed E-state index contributed by atoms with van der Waals surface area (Å²) >= 11 is 1.90. The van der Waals surface area contributed by atoms with E-state index in [1.165, 1.54) is 26.4 Å². The molecule has 1 amide bonds. The fourth-order valence-electron chi connectivity index (χ4n) is 4.51. The Balaban J connectivity index is 1.51. The number of amides is 1. The van der Waals surface area contributed by atoms with Crippen LogP contribution in [0.5, 0.6) is 5.75 Å². The molecule has 0 fully saturated rings. The van der Waals surface area contributed by atoms with Gasteiger partial charge in [0.05, 0.1) is 19.7 Å². The number of hydrogen-bond acceptors (Lipinski definition) is 4. The summed E-state index contributed by atoms with van der Waals surface area (Å²) in [5, 5.41) is 3.09. The van der Waals surface area contributed by atoms with Gasteiger partial charge in [0.15, 0.2) is 0 Å². The number of nitrogens with zero attached hydrogens (tertiary/aromatic N) is 1. The zero-order valence-electron chi connectivity index (χ0n) is 18.5. The zero-order chi connectivity index (χ0) is 21.8. The molecule has 0 saturated heterocycles. The number of nitrogens with one attached hydrogen (secondary N) is 1. The number of ether oxygens (including phenoxy) is 1. The number of carbonyl (C=O) groups excluding carboxylic acids is 1. The Morgan fingerprint density at radius 3 is 2.58 bits per heavy atom. The molecule has 0 unspecified atom stereocenters. The van der Waals surface area contributed by atoms with E-state index in [1.807, 2.05) is 35.6 Å². The topological polar surface area (TPSA) is 41.6 Å². The Bertz CT molecular complexity index is 1030. The van der Waals surface area contributed by atoms with Crippen LogP contribution < -0.4 is 10.1 Å². The van der Waals surface area contributed by atoms with Crippen LogP contribution in [0.3, 0.4) is 0 Å². The Labute approximate surface area is 188 Å².